The molecule has 0 radical (unpaired) electrons. The van der Waals surface area contributed by atoms with Gasteiger partial charge in [0.05, 0.1) is 28.4 Å². The van der Waals surface area contributed by atoms with Crippen LogP contribution in [0.4, 0.5) is 5.13 Å². The van der Waals surface area contributed by atoms with E-state index in [1.54, 1.807) is 24.4 Å². The highest BCUT2D eigenvalue weighted by Crippen LogP contribution is 2.38. The third kappa shape index (κ3) is 4.84. The maximum Gasteiger partial charge on any atom is 0.263 e. The van der Waals surface area contributed by atoms with Gasteiger partial charge in [-0.2, -0.15) is 10.4 Å². The molecule has 35 heavy (non-hydrogen) atoms. The van der Waals surface area contributed by atoms with Gasteiger partial charge in [0.15, 0.2) is 5.13 Å². The molecule has 1 saturated heterocycles. The fourth-order valence-corrected chi connectivity index (χ4v) is 5.75. The molecular formula is C22H16Cl2N6O3S2. The molecule has 0 saturated carbocycles. The van der Waals surface area contributed by atoms with Crippen molar-refractivity contribution < 1.29 is 13.2 Å². The number of halogens is 2. The number of rotatable bonds is 7. The summed E-state index contributed by atoms with van der Waals surface area (Å²) in [6.45, 7) is 1.61. The molecule has 4 aromatic rings. The molecule has 1 aliphatic heterocycles. The first-order valence-electron chi connectivity index (χ1n) is 10.2. The fraction of sp³-hybridized carbons (Fsp3) is 0.136. The lowest BCUT2D eigenvalue weighted by atomic mass is 10.1. The van der Waals surface area contributed by atoms with Gasteiger partial charge in [0, 0.05) is 29.9 Å². The zero-order valence-electron chi connectivity index (χ0n) is 17.8. The predicted octanol–water partition coefficient (Wildman–Crippen LogP) is 4.92. The van der Waals surface area contributed by atoms with Crippen molar-refractivity contribution in [3.63, 3.8) is 0 Å². The summed E-state index contributed by atoms with van der Waals surface area (Å²) in [7, 11) is -3.99. The van der Waals surface area contributed by atoms with Crippen LogP contribution in [0.15, 0.2) is 59.8 Å². The third-order valence-corrected chi connectivity index (χ3v) is 8.03. The Morgan fingerprint density at radius 1 is 1.17 bits per heavy atom. The lowest BCUT2D eigenvalue weighted by Crippen LogP contribution is -2.44. The van der Waals surface area contributed by atoms with Gasteiger partial charge in [-0.25, -0.2) is 13.4 Å². The van der Waals surface area contributed by atoms with E-state index in [1.165, 1.54) is 24.4 Å². The number of anilines is 1. The van der Waals surface area contributed by atoms with E-state index in [1.807, 2.05) is 16.8 Å². The average molecular weight is 547 g/mol. The Morgan fingerprint density at radius 2 is 1.97 bits per heavy atom. The summed E-state index contributed by atoms with van der Waals surface area (Å²) in [5.41, 5.74) is 1.56. The lowest BCUT2D eigenvalue weighted by Gasteiger charge is -2.29. The largest absolute Gasteiger partial charge is 0.455 e. The molecule has 2 N–H and O–H groups in total. The van der Waals surface area contributed by atoms with E-state index in [4.69, 9.17) is 27.9 Å². The van der Waals surface area contributed by atoms with Crippen LogP contribution in [0, 0.1) is 11.3 Å². The topological polar surface area (TPSA) is 122 Å². The maximum atomic E-state index is 12.8. The summed E-state index contributed by atoms with van der Waals surface area (Å²) in [5, 5.41) is 18.0. The molecule has 3 heterocycles. The lowest BCUT2D eigenvalue weighted by molar-refractivity contribution is 0.321. The van der Waals surface area contributed by atoms with Crippen molar-refractivity contribution in [2.45, 2.75) is 10.9 Å². The number of nitrogens with zero attached hydrogens (tertiary/aromatic N) is 4. The molecule has 1 fully saturated rings. The van der Waals surface area contributed by atoms with Crippen LogP contribution in [0.2, 0.25) is 9.36 Å². The van der Waals surface area contributed by atoms with Crippen molar-refractivity contribution in [3.8, 4) is 28.8 Å². The van der Waals surface area contributed by atoms with Gasteiger partial charge in [-0.05, 0) is 42.5 Å². The second kappa shape index (κ2) is 9.49. The van der Waals surface area contributed by atoms with E-state index in [0.29, 0.717) is 20.7 Å². The molecule has 0 amide bonds. The monoisotopic (exact) mass is 546 g/mol. The number of nitrogens with one attached hydrogen (secondary N) is 2. The highest BCUT2D eigenvalue weighted by molar-refractivity contribution is 7.93. The van der Waals surface area contributed by atoms with Crippen molar-refractivity contribution >= 4 is 49.7 Å². The van der Waals surface area contributed by atoms with Gasteiger partial charge in [-0.15, -0.1) is 0 Å². The summed E-state index contributed by atoms with van der Waals surface area (Å²) in [4.78, 5) is 3.79. The Morgan fingerprint density at radius 3 is 2.66 bits per heavy atom. The molecule has 2 aromatic heterocycles. The van der Waals surface area contributed by atoms with E-state index >= 15 is 0 Å². The van der Waals surface area contributed by atoms with Crippen molar-refractivity contribution in [2.75, 3.05) is 17.8 Å². The van der Waals surface area contributed by atoms with Crippen LogP contribution < -0.4 is 14.8 Å². The van der Waals surface area contributed by atoms with Crippen molar-refractivity contribution in [1.82, 2.24) is 20.1 Å². The van der Waals surface area contributed by atoms with Gasteiger partial charge >= 0.3 is 0 Å². The molecule has 178 valence electrons. The number of hydrogen-bond acceptors (Lipinski definition) is 8. The number of thiazole rings is 1. The number of nitriles is 1. The molecule has 13 heteroatoms. The first kappa shape index (κ1) is 23.6. The standard InChI is InChI=1S/C22H16Cl2N6O3S2/c23-14-1-3-20(17(8-14)18-5-6-28-30(18)15-10-26-11-15)33-19-4-2-16(7-13(19)9-25)35(31,32)29-22-27-12-21(24)34-22/h1-8,12,15,26H,10-11H2,(H,27,29). The normalized spacial score (nSPS) is 13.7. The Balaban J connectivity index is 1.47. The van der Waals surface area contributed by atoms with Crippen LogP contribution >= 0.6 is 34.5 Å². The van der Waals surface area contributed by atoms with Crippen LogP contribution in [0.3, 0.4) is 0 Å². The van der Waals surface area contributed by atoms with Gasteiger partial charge in [-0.3, -0.25) is 9.40 Å². The SMILES string of the molecule is N#Cc1cc(S(=O)(=O)Nc2ncc(Cl)s2)ccc1Oc1ccc(Cl)cc1-c1ccnn1C1CNC1. The summed E-state index contributed by atoms with van der Waals surface area (Å²) in [5.74, 6) is 0.648. The second-order valence-corrected chi connectivity index (χ2v) is 11.3. The molecule has 0 spiro atoms. The summed E-state index contributed by atoms with van der Waals surface area (Å²) >= 11 is 13.1. The minimum absolute atomic E-state index is 0.0441. The average Bonchev–Trinajstić information content (AvgIpc) is 3.42. The summed E-state index contributed by atoms with van der Waals surface area (Å²) in [6.07, 6.45) is 3.06. The number of hydrogen-bond donors (Lipinski definition) is 2. The van der Waals surface area contributed by atoms with E-state index < -0.39 is 10.0 Å². The zero-order chi connectivity index (χ0) is 24.6. The molecule has 0 aliphatic carbocycles. The second-order valence-electron chi connectivity index (χ2n) is 7.56. The van der Waals surface area contributed by atoms with Crippen LogP contribution in [-0.4, -0.2) is 36.3 Å². The number of benzene rings is 2. The van der Waals surface area contributed by atoms with Crippen LogP contribution in [0.1, 0.15) is 11.6 Å². The van der Waals surface area contributed by atoms with E-state index in [0.717, 1.165) is 30.1 Å². The smallest absolute Gasteiger partial charge is 0.263 e. The van der Waals surface area contributed by atoms with Gasteiger partial charge in [-0.1, -0.05) is 34.5 Å². The van der Waals surface area contributed by atoms with E-state index in [9.17, 15) is 13.7 Å². The molecular weight excluding hydrogens is 531 g/mol. The van der Waals surface area contributed by atoms with Crippen molar-refractivity contribution in [3.05, 3.63) is 69.8 Å². The Kier molecular flexibility index (Phi) is 6.39. The molecule has 1 aliphatic rings. The predicted molar refractivity (Wildman–Crippen MR) is 134 cm³/mol. The molecule has 2 aromatic carbocycles. The summed E-state index contributed by atoms with van der Waals surface area (Å²) in [6, 6.07) is 13.3. The molecule has 0 unspecified atom stereocenters. The minimum atomic E-state index is -3.99. The van der Waals surface area contributed by atoms with Crippen molar-refractivity contribution in [2.24, 2.45) is 0 Å². The van der Waals surface area contributed by atoms with Gasteiger partial charge in [0.1, 0.15) is 21.9 Å². The van der Waals surface area contributed by atoms with Crippen LogP contribution in [-0.2, 0) is 10.0 Å². The number of aromatic nitrogens is 3. The molecule has 9 nitrogen and oxygen atoms in total. The van der Waals surface area contributed by atoms with Gasteiger partial charge in [0.2, 0.25) is 0 Å². The first-order valence-corrected chi connectivity index (χ1v) is 13.3. The maximum absolute atomic E-state index is 12.8. The minimum Gasteiger partial charge on any atom is -0.455 e. The Hall–Kier alpha value is -3.14. The van der Waals surface area contributed by atoms with Crippen molar-refractivity contribution in [1.29, 1.82) is 5.26 Å². The highest BCUT2D eigenvalue weighted by atomic mass is 35.5. The highest BCUT2D eigenvalue weighted by Gasteiger charge is 2.24. The van der Waals surface area contributed by atoms with Gasteiger partial charge < -0.3 is 10.1 Å². The third-order valence-electron chi connectivity index (χ3n) is 5.29. The number of ether oxygens (including phenoxy) is 1. The summed E-state index contributed by atoms with van der Waals surface area (Å²) < 4.78 is 36.2. The van der Waals surface area contributed by atoms with E-state index in [2.05, 4.69) is 20.1 Å². The van der Waals surface area contributed by atoms with E-state index in [-0.39, 0.29) is 27.4 Å². The van der Waals surface area contributed by atoms with Crippen LogP contribution in [0.5, 0.6) is 11.5 Å². The van der Waals surface area contributed by atoms with Crippen LogP contribution in [0.25, 0.3) is 11.3 Å². The number of sulfonamides is 1. The Labute approximate surface area is 214 Å². The quantitative estimate of drug-likeness (QED) is 0.337. The Bertz CT molecular complexity index is 1560. The van der Waals surface area contributed by atoms with Gasteiger partial charge in [0.25, 0.3) is 10.0 Å². The first-order chi connectivity index (χ1) is 16.8. The molecule has 5 rings (SSSR count). The molecule has 0 atom stereocenters. The fourth-order valence-electron chi connectivity index (χ4n) is 3.50. The molecule has 0 bridgehead atoms. The zero-order valence-corrected chi connectivity index (χ0v) is 20.9.